The number of amides is 1. The maximum absolute atomic E-state index is 12.3. The Balaban J connectivity index is 1.65. The molecule has 3 rings (SSSR count). The first-order valence-corrected chi connectivity index (χ1v) is 8.08. The van der Waals surface area contributed by atoms with Crippen LogP contribution in [0, 0.1) is 5.41 Å². The average Bonchev–Trinajstić information content (AvgIpc) is 3.16. The molecule has 1 amide bonds. The quantitative estimate of drug-likeness (QED) is 0.840. The van der Waals surface area contributed by atoms with Crippen molar-refractivity contribution in [2.75, 3.05) is 13.1 Å². The van der Waals surface area contributed by atoms with Crippen molar-refractivity contribution < 1.29 is 9.32 Å². The van der Waals surface area contributed by atoms with Gasteiger partial charge in [0, 0.05) is 24.4 Å². The molecule has 0 spiro atoms. The maximum atomic E-state index is 12.3. The van der Waals surface area contributed by atoms with E-state index in [4.69, 9.17) is 4.52 Å². The third-order valence-electron chi connectivity index (χ3n) is 4.64. The van der Waals surface area contributed by atoms with Crippen LogP contribution in [-0.2, 0) is 4.79 Å². The second-order valence-corrected chi connectivity index (χ2v) is 7.46. The number of nitrogens with zero attached hydrogens (tertiary/aromatic N) is 3. The van der Waals surface area contributed by atoms with Crippen molar-refractivity contribution >= 4 is 5.91 Å². The zero-order chi connectivity index (χ0) is 15.0. The number of hydrogen-bond donors (Lipinski definition) is 0. The Bertz CT molecular complexity index is 512. The summed E-state index contributed by atoms with van der Waals surface area (Å²) in [5.74, 6) is 2.50. The van der Waals surface area contributed by atoms with Crippen LogP contribution in [0.5, 0.6) is 0 Å². The molecule has 1 aliphatic heterocycles. The van der Waals surface area contributed by atoms with E-state index in [1.54, 1.807) is 0 Å². The summed E-state index contributed by atoms with van der Waals surface area (Å²) in [4.78, 5) is 18.9. The zero-order valence-corrected chi connectivity index (χ0v) is 13.3. The fraction of sp³-hybridized carbons (Fsp3) is 0.812. The van der Waals surface area contributed by atoms with Gasteiger partial charge in [-0.05, 0) is 19.3 Å². The lowest BCUT2D eigenvalue weighted by molar-refractivity contribution is -0.138. The third kappa shape index (κ3) is 2.97. The minimum Gasteiger partial charge on any atom is -0.341 e. The molecule has 5 heteroatoms. The first kappa shape index (κ1) is 14.5. The molecule has 1 unspecified atom stereocenters. The van der Waals surface area contributed by atoms with Gasteiger partial charge in [-0.15, -0.1) is 0 Å². The van der Waals surface area contributed by atoms with Gasteiger partial charge in [0.2, 0.25) is 11.8 Å². The van der Waals surface area contributed by atoms with Gasteiger partial charge in [-0.2, -0.15) is 4.98 Å². The summed E-state index contributed by atoms with van der Waals surface area (Å²) in [6, 6.07) is 0. The summed E-state index contributed by atoms with van der Waals surface area (Å²) in [5, 5.41) is 4.17. The lowest BCUT2D eigenvalue weighted by Crippen LogP contribution is -2.37. The van der Waals surface area contributed by atoms with E-state index in [1.165, 1.54) is 25.7 Å². The molecule has 0 aromatic carbocycles. The van der Waals surface area contributed by atoms with Crippen molar-refractivity contribution in [1.82, 2.24) is 15.0 Å². The van der Waals surface area contributed by atoms with Gasteiger partial charge in [0.05, 0.1) is 5.92 Å². The minimum absolute atomic E-state index is 0.207. The number of carbonyl (C=O) groups is 1. The summed E-state index contributed by atoms with van der Waals surface area (Å²) in [5.41, 5.74) is -0.321. The fourth-order valence-electron chi connectivity index (χ4n) is 3.38. The summed E-state index contributed by atoms with van der Waals surface area (Å²) in [7, 11) is 0. The average molecular weight is 291 g/mol. The van der Waals surface area contributed by atoms with Crippen LogP contribution in [-0.4, -0.2) is 34.0 Å². The van der Waals surface area contributed by atoms with Gasteiger partial charge in [0.15, 0.2) is 5.82 Å². The van der Waals surface area contributed by atoms with Crippen molar-refractivity contribution in [3.05, 3.63) is 11.7 Å². The molecule has 116 valence electrons. The molecule has 2 heterocycles. The standard InChI is InChI=1S/C16H25N3O2/c1-16(2,3)15(20)19-9-8-12(10-19)14-17-13(18-21-14)11-6-4-5-7-11/h11-12H,4-10H2,1-3H3. The molecule has 5 nitrogen and oxygen atoms in total. The van der Waals surface area contributed by atoms with Crippen molar-refractivity contribution in [2.45, 2.75) is 64.7 Å². The molecule has 21 heavy (non-hydrogen) atoms. The third-order valence-corrected chi connectivity index (χ3v) is 4.64. The van der Waals surface area contributed by atoms with E-state index in [9.17, 15) is 4.79 Å². The Labute approximate surface area is 126 Å². The first-order chi connectivity index (χ1) is 9.95. The Morgan fingerprint density at radius 2 is 1.90 bits per heavy atom. The van der Waals surface area contributed by atoms with E-state index < -0.39 is 0 Å². The highest BCUT2D eigenvalue weighted by atomic mass is 16.5. The van der Waals surface area contributed by atoms with Gasteiger partial charge in [-0.25, -0.2) is 0 Å². The van der Waals surface area contributed by atoms with Crippen LogP contribution in [0.4, 0.5) is 0 Å². The molecule has 0 radical (unpaired) electrons. The first-order valence-electron chi connectivity index (χ1n) is 8.08. The molecular weight excluding hydrogens is 266 g/mol. The number of rotatable bonds is 2. The molecular formula is C16H25N3O2. The van der Waals surface area contributed by atoms with Crippen LogP contribution in [0.25, 0.3) is 0 Å². The van der Waals surface area contributed by atoms with Crippen molar-refractivity contribution in [3.8, 4) is 0 Å². The van der Waals surface area contributed by atoms with Gasteiger partial charge in [0.1, 0.15) is 0 Å². The highest BCUT2D eigenvalue weighted by Crippen LogP contribution is 2.34. The topological polar surface area (TPSA) is 59.2 Å². The van der Waals surface area contributed by atoms with Crippen molar-refractivity contribution in [2.24, 2.45) is 5.41 Å². The van der Waals surface area contributed by atoms with Crippen LogP contribution in [0.15, 0.2) is 4.52 Å². The summed E-state index contributed by atoms with van der Waals surface area (Å²) in [6.45, 7) is 7.40. The highest BCUT2D eigenvalue weighted by molar-refractivity contribution is 5.81. The molecule has 0 N–H and O–H groups in total. The van der Waals surface area contributed by atoms with E-state index in [0.717, 1.165) is 24.7 Å². The van der Waals surface area contributed by atoms with Gasteiger partial charge in [-0.1, -0.05) is 38.8 Å². The van der Waals surface area contributed by atoms with Gasteiger partial charge < -0.3 is 9.42 Å². The molecule has 1 atom stereocenters. The second-order valence-electron chi connectivity index (χ2n) is 7.46. The zero-order valence-electron chi connectivity index (χ0n) is 13.3. The molecule has 1 saturated carbocycles. The van der Waals surface area contributed by atoms with Crippen LogP contribution >= 0.6 is 0 Å². The minimum atomic E-state index is -0.321. The lowest BCUT2D eigenvalue weighted by atomic mass is 9.95. The van der Waals surface area contributed by atoms with Crippen molar-refractivity contribution in [3.63, 3.8) is 0 Å². The molecule has 2 aliphatic rings. The molecule has 1 saturated heterocycles. The summed E-state index contributed by atoms with van der Waals surface area (Å²) >= 11 is 0. The van der Waals surface area contributed by atoms with Crippen LogP contribution in [0.3, 0.4) is 0 Å². The maximum Gasteiger partial charge on any atom is 0.231 e. The molecule has 0 bridgehead atoms. The molecule has 1 aromatic rings. The molecule has 2 fully saturated rings. The van der Waals surface area contributed by atoms with Gasteiger partial charge in [-0.3, -0.25) is 4.79 Å². The molecule has 1 aliphatic carbocycles. The number of carbonyl (C=O) groups excluding carboxylic acids is 1. The largest absolute Gasteiger partial charge is 0.341 e. The highest BCUT2D eigenvalue weighted by Gasteiger charge is 2.36. The SMILES string of the molecule is CC(C)(C)C(=O)N1CCC(c2nc(C3CCCC3)no2)C1. The number of likely N-dealkylation sites (tertiary alicyclic amines) is 1. The smallest absolute Gasteiger partial charge is 0.231 e. The predicted octanol–water partition coefficient (Wildman–Crippen LogP) is 3.09. The van der Waals surface area contributed by atoms with E-state index in [1.807, 2.05) is 25.7 Å². The van der Waals surface area contributed by atoms with Crippen LogP contribution in [0.2, 0.25) is 0 Å². The lowest BCUT2D eigenvalue weighted by Gasteiger charge is -2.25. The Morgan fingerprint density at radius 3 is 2.57 bits per heavy atom. The normalized spacial score (nSPS) is 24.0. The Morgan fingerprint density at radius 1 is 1.19 bits per heavy atom. The van der Waals surface area contributed by atoms with Gasteiger partial charge in [0.25, 0.3) is 0 Å². The molecule has 1 aromatic heterocycles. The Hall–Kier alpha value is -1.39. The summed E-state index contributed by atoms with van der Waals surface area (Å²) < 4.78 is 5.48. The monoisotopic (exact) mass is 291 g/mol. The van der Waals surface area contributed by atoms with E-state index >= 15 is 0 Å². The van der Waals surface area contributed by atoms with E-state index in [0.29, 0.717) is 12.5 Å². The van der Waals surface area contributed by atoms with Gasteiger partial charge >= 0.3 is 0 Å². The predicted molar refractivity (Wildman–Crippen MR) is 78.9 cm³/mol. The Kier molecular flexibility index (Phi) is 3.76. The number of hydrogen-bond acceptors (Lipinski definition) is 4. The second kappa shape index (κ2) is 5.43. The van der Waals surface area contributed by atoms with E-state index in [2.05, 4.69) is 10.1 Å². The van der Waals surface area contributed by atoms with Crippen LogP contribution < -0.4 is 0 Å². The number of aromatic nitrogens is 2. The fourth-order valence-corrected chi connectivity index (χ4v) is 3.38. The summed E-state index contributed by atoms with van der Waals surface area (Å²) in [6.07, 6.45) is 5.82. The van der Waals surface area contributed by atoms with Crippen molar-refractivity contribution in [1.29, 1.82) is 0 Å². The van der Waals surface area contributed by atoms with E-state index in [-0.39, 0.29) is 17.2 Å². The van der Waals surface area contributed by atoms with Crippen LogP contribution in [0.1, 0.15) is 76.4 Å².